The van der Waals surface area contributed by atoms with Crippen molar-refractivity contribution < 1.29 is 9.59 Å². The molecule has 28 heavy (non-hydrogen) atoms. The third kappa shape index (κ3) is 3.10. The summed E-state index contributed by atoms with van der Waals surface area (Å²) in [5.74, 6) is -0.597. The number of carbonyl (C=O) groups is 2. The molecular weight excluding hydrogens is 374 g/mol. The number of nitrogens with one attached hydrogen (secondary N) is 1. The molecule has 0 aliphatic rings. The maximum atomic E-state index is 12.0. The van der Waals surface area contributed by atoms with Crippen molar-refractivity contribution in [2.24, 2.45) is 5.73 Å². The van der Waals surface area contributed by atoms with Gasteiger partial charge in [-0.1, -0.05) is 41.9 Å². The summed E-state index contributed by atoms with van der Waals surface area (Å²) in [5, 5.41) is 5.08. The third-order valence-electron chi connectivity index (χ3n) is 4.71. The summed E-state index contributed by atoms with van der Waals surface area (Å²) in [7, 11) is 0. The Bertz CT molecular complexity index is 1240. The van der Waals surface area contributed by atoms with Crippen molar-refractivity contribution in [2.75, 3.05) is 5.32 Å². The lowest BCUT2D eigenvalue weighted by Gasteiger charge is -2.11. The normalized spacial score (nSPS) is 11.1. The number of halogens is 1. The number of fused-ring (bicyclic) bond motifs is 3. The minimum atomic E-state index is -0.475. The Morgan fingerprint density at radius 3 is 2.57 bits per heavy atom. The number of benzene rings is 3. The SMILES string of the molecule is CC(=O)Nc1cccc(Cn2c3cccc(C(N)=O)c3c3cccc(Cl)c32)c1. The molecule has 1 aromatic heterocycles. The fourth-order valence-electron chi connectivity index (χ4n) is 3.66. The predicted molar refractivity (Wildman–Crippen MR) is 113 cm³/mol. The molecular formula is C22H18ClN3O2. The van der Waals surface area contributed by atoms with Crippen LogP contribution in [0.5, 0.6) is 0 Å². The van der Waals surface area contributed by atoms with Crippen LogP contribution in [0.1, 0.15) is 22.8 Å². The van der Waals surface area contributed by atoms with Gasteiger partial charge in [-0.3, -0.25) is 9.59 Å². The number of nitrogens with two attached hydrogens (primary N) is 1. The van der Waals surface area contributed by atoms with Crippen molar-refractivity contribution in [2.45, 2.75) is 13.5 Å². The number of hydrogen-bond acceptors (Lipinski definition) is 2. The highest BCUT2D eigenvalue weighted by Gasteiger charge is 2.18. The quantitative estimate of drug-likeness (QED) is 0.535. The molecule has 0 saturated carbocycles. The van der Waals surface area contributed by atoms with Gasteiger partial charge in [0, 0.05) is 35.5 Å². The molecule has 0 spiro atoms. The van der Waals surface area contributed by atoms with Crippen LogP contribution in [0.4, 0.5) is 5.69 Å². The van der Waals surface area contributed by atoms with E-state index in [1.165, 1.54) is 6.92 Å². The Hall–Kier alpha value is -3.31. The van der Waals surface area contributed by atoms with Crippen LogP contribution in [0.2, 0.25) is 5.02 Å². The van der Waals surface area contributed by atoms with Crippen LogP contribution >= 0.6 is 11.6 Å². The smallest absolute Gasteiger partial charge is 0.249 e. The molecule has 1 heterocycles. The van der Waals surface area contributed by atoms with Crippen molar-refractivity contribution in [3.8, 4) is 0 Å². The number of para-hydroxylation sites is 1. The molecule has 0 unspecified atom stereocenters. The maximum Gasteiger partial charge on any atom is 0.249 e. The van der Waals surface area contributed by atoms with Crippen LogP contribution < -0.4 is 11.1 Å². The van der Waals surface area contributed by atoms with Crippen molar-refractivity contribution in [3.63, 3.8) is 0 Å². The number of hydrogen-bond donors (Lipinski definition) is 2. The standard InChI is InChI=1S/C22H18ClN3O2/c1-13(27)25-15-6-2-5-14(11-15)12-26-19-10-4-8-17(22(24)28)20(19)16-7-3-9-18(23)21(16)26/h2-11H,12H2,1H3,(H2,24,28)(H,25,27). The van der Waals surface area contributed by atoms with Gasteiger partial charge in [-0.2, -0.15) is 0 Å². The first-order chi connectivity index (χ1) is 13.5. The molecule has 0 radical (unpaired) electrons. The zero-order chi connectivity index (χ0) is 19.8. The fourth-order valence-corrected chi connectivity index (χ4v) is 3.94. The van der Waals surface area contributed by atoms with Crippen molar-refractivity contribution in [3.05, 3.63) is 76.8 Å². The summed E-state index contributed by atoms with van der Waals surface area (Å²) in [6.07, 6.45) is 0. The van der Waals surface area contributed by atoms with Crippen LogP contribution in [0.15, 0.2) is 60.7 Å². The number of nitrogens with zero attached hydrogens (tertiary/aromatic N) is 1. The second kappa shape index (κ2) is 7.02. The molecule has 3 aromatic carbocycles. The summed E-state index contributed by atoms with van der Waals surface area (Å²) >= 11 is 6.54. The number of primary amides is 1. The Labute approximate surface area is 166 Å². The number of aromatic nitrogens is 1. The Balaban J connectivity index is 1.95. The molecule has 4 rings (SSSR count). The van der Waals surface area contributed by atoms with Crippen molar-refractivity contribution >= 4 is 50.9 Å². The Kier molecular flexibility index (Phi) is 4.53. The average molecular weight is 392 g/mol. The van der Waals surface area contributed by atoms with E-state index in [0.29, 0.717) is 17.1 Å². The molecule has 0 aliphatic carbocycles. The Morgan fingerprint density at radius 1 is 1.07 bits per heavy atom. The van der Waals surface area contributed by atoms with Gasteiger partial charge in [0.1, 0.15) is 0 Å². The van der Waals surface area contributed by atoms with Gasteiger partial charge in [0.2, 0.25) is 11.8 Å². The van der Waals surface area contributed by atoms with E-state index in [2.05, 4.69) is 9.88 Å². The molecule has 0 bridgehead atoms. The minimum absolute atomic E-state index is 0.122. The lowest BCUT2D eigenvalue weighted by Crippen LogP contribution is -2.11. The van der Waals surface area contributed by atoms with Gasteiger partial charge >= 0.3 is 0 Å². The molecule has 0 aliphatic heterocycles. The number of rotatable bonds is 4. The predicted octanol–water partition coefficient (Wildman–Crippen LogP) is 4.55. The molecule has 0 saturated heterocycles. The summed E-state index contributed by atoms with van der Waals surface area (Å²) in [5.41, 5.74) is 9.53. The average Bonchev–Trinajstić information content (AvgIpc) is 2.97. The van der Waals surface area contributed by atoms with Crippen LogP contribution in [0.3, 0.4) is 0 Å². The lowest BCUT2D eigenvalue weighted by atomic mass is 10.1. The van der Waals surface area contributed by atoms with E-state index < -0.39 is 5.91 Å². The first-order valence-electron chi connectivity index (χ1n) is 8.81. The first-order valence-corrected chi connectivity index (χ1v) is 9.19. The molecule has 4 aromatic rings. The summed E-state index contributed by atoms with van der Waals surface area (Å²) < 4.78 is 2.08. The van der Waals surface area contributed by atoms with E-state index in [0.717, 1.165) is 33.1 Å². The Morgan fingerprint density at radius 2 is 1.82 bits per heavy atom. The van der Waals surface area contributed by atoms with E-state index in [9.17, 15) is 9.59 Å². The number of amides is 2. The van der Waals surface area contributed by atoms with Crippen LogP contribution in [-0.4, -0.2) is 16.4 Å². The van der Waals surface area contributed by atoms with Crippen molar-refractivity contribution in [1.82, 2.24) is 4.57 Å². The van der Waals surface area contributed by atoms with Gasteiger partial charge in [0.15, 0.2) is 0 Å². The first kappa shape index (κ1) is 18.1. The largest absolute Gasteiger partial charge is 0.366 e. The number of carbonyl (C=O) groups excluding carboxylic acids is 2. The summed E-state index contributed by atoms with van der Waals surface area (Å²) in [6.45, 7) is 2.00. The maximum absolute atomic E-state index is 12.0. The van der Waals surface area contributed by atoms with E-state index in [1.807, 2.05) is 54.6 Å². The molecule has 3 N–H and O–H groups in total. The number of anilines is 1. The van der Waals surface area contributed by atoms with Crippen LogP contribution in [0, 0.1) is 0 Å². The summed E-state index contributed by atoms with van der Waals surface area (Å²) in [6, 6.07) is 18.8. The minimum Gasteiger partial charge on any atom is -0.366 e. The molecule has 0 atom stereocenters. The highest BCUT2D eigenvalue weighted by molar-refractivity contribution is 6.37. The van der Waals surface area contributed by atoms with Gasteiger partial charge < -0.3 is 15.6 Å². The molecule has 2 amide bonds. The fraction of sp³-hybridized carbons (Fsp3) is 0.0909. The lowest BCUT2D eigenvalue weighted by molar-refractivity contribution is -0.114. The van der Waals surface area contributed by atoms with Crippen LogP contribution in [-0.2, 0) is 11.3 Å². The zero-order valence-electron chi connectivity index (χ0n) is 15.2. The topological polar surface area (TPSA) is 77.1 Å². The van der Waals surface area contributed by atoms with E-state index in [4.69, 9.17) is 17.3 Å². The van der Waals surface area contributed by atoms with Gasteiger partial charge in [0.25, 0.3) is 0 Å². The van der Waals surface area contributed by atoms with Crippen LogP contribution in [0.25, 0.3) is 21.8 Å². The van der Waals surface area contributed by atoms with E-state index >= 15 is 0 Å². The molecule has 0 fully saturated rings. The molecule has 6 heteroatoms. The van der Waals surface area contributed by atoms with Gasteiger partial charge in [-0.05, 0) is 35.9 Å². The molecule has 5 nitrogen and oxygen atoms in total. The van der Waals surface area contributed by atoms with Gasteiger partial charge in [0.05, 0.1) is 16.1 Å². The van der Waals surface area contributed by atoms with Gasteiger partial charge in [-0.25, -0.2) is 0 Å². The zero-order valence-corrected chi connectivity index (χ0v) is 16.0. The third-order valence-corrected chi connectivity index (χ3v) is 5.02. The second-order valence-corrected chi connectivity index (χ2v) is 7.07. The monoisotopic (exact) mass is 391 g/mol. The highest BCUT2D eigenvalue weighted by Crippen LogP contribution is 2.36. The second-order valence-electron chi connectivity index (χ2n) is 6.67. The van der Waals surface area contributed by atoms with Crippen molar-refractivity contribution in [1.29, 1.82) is 0 Å². The van der Waals surface area contributed by atoms with Gasteiger partial charge in [-0.15, -0.1) is 0 Å². The summed E-state index contributed by atoms with van der Waals surface area (Å²) in [4.78, 5) is 23.4. The molecule has 140 valence electrons. The van der Waals surface area contributed by atoms with E-state index in [-0.39, 0.29) is 5.91 Å². The van der Waals surface area contributed by atoms with E-state index in [1.54, 1.807) is 6.07 Å². The highest BCUT2D eigenvalue weighted by atomic mass is 35.5.